The highest BCUT2D eigenvalue weighted by Gasteiger charge is 2.33. The Morgan fingerprint density at radius 3 is 2.66 bits per heavy atom. The molecule has 148 valence electrons. The molecule has 1 aromatic heterocycles. The fourth-order valence-electron chi connectivity index (χ4n) is 2.88. The summed E-state index contributed by atoms with van der Waals surface area (Å²) in [6.07, 6.45) is -0.717. The number of nitrogens with one attached hydrogen (secondary N) is 2. The Balaban J connectivity index is 1.73. The molecule has 0 radical (unpaired) electrons. The summed E-state index contributed by atoms with van der Waals surface area (Å²) in [5, 5.41) is 16.2. The number of aromatic nitrogens is 1. The maximum atomic E-state index is 13.1. The Labute approximate surface area is 170 Å². The van der Waals surface area contributed by atoms with Crippen molar-refractivity contribution in [3.05, 3.63) is 65.9 Å². The number of para-hydroxylation sites is 2. The predicted molar refractivity (Wildman–Crippen MR) is 111 cm³/mol. The van der Waals surface area contributed by atoms with Crippen LogP contribution in [0.1, 0.15) is 17.5 Å². The van der Waals surface area contributed by atoms with Gasteiger partial charge >= 0.3 is 6.18 Å². The standard InChI is InChI=1S/C20H16F3N5S/c21-20(22,23)16-7-2-3-8-17(16)26-19(29)27-25-12-14-13-28(11-5-10-24)18-9-4-1-6-15(14)18/h1-4,6-9,12-13H,5,11H2,(H2,26,27,29)/b25-12-. The molecule has 1 heterocycles. The molecule has 0 amide bonds. The number of anilines is 1. The zero-order chi connectivity index (χ0) is 20.9. The number of alkyl halides is 3. The van der Waals surface area contributed by atoms with E-state index in [1.807, 2.05) is 35.0 Å². The Morgan fingerprint density at radius 1 is 1.17 bits per heavy atom. The van der Waals surface area contributed by atoms with Crippen LogP contribution in [-0.2, 0) is 12.7 Å². The SMILES string of the molecule is N#CCCn1cc(/C=N\NC(=S)Nc2ccccc2C(F)(F)F)c2ccccc21. The average Bonchev–Trinajstić information content (AvgIpc) is 3.04. The van der Waals surface area contributed by atoms with E-state index in [9.17, 15) is 13.2 Å². The van der Waals surface area contributed by atoms with Gasteiger partial charge in [-0.2, -0.15) is 23.5 Å². The highest BCUT2D eigenvalue weighted by molar-refractivity contribution is 7.80. The van der Waals surface area contributed by atoms with E-state index in [1.54, 1.807) is 0 Å². The van der Waals surface area contributed by atoms with Gasteiger partial charge in [-0.25, -0.2) is 0 Å². The fourth-order valence-corrected chi connectivity index (χ4v) is 3.05. The Bertz CT molecular complexity index is 1100. The molecule has 0 fully saturated rings. The van der Waals surface area contributed by atoms with Crippen LogP contribution in [0.2, 0.25) is 0 Å². The number of hydrogen-bond donors (Lipinski definition) is 2. The summed E-state index contributed by atoms with van der Waals surface area (Å²) in [5.74, 6) is 0. The van der Waals surface area contributed by atoms with Gasteiger partial charge in [0.15, 0.2) is 5.11 Å². The van der Waals surface area contributed by atoms with Crippen LogP contribution in [0.4, 0.5) is 18.9 Å². The number of rotatable bonds is 5. The van der Waals surface area contributed by atoms with Gasteiger partial charge in [0.05, 0.1) is 30.0 Å². The molecule has 2 N–H and O–H groups in total. The Morgan fingerprint density at radius 2 is 1.90 bits per heavy atom. The summed E-state index contributed by atoms with van der Waals surface area (Å²) in [6, 6.07) is 14.8. The summed E-state index contributed by atoms with van der Waals surface area (Å²) in [4.78, 5) is 0. The maximum Gasteiger partial charge on any atom is 0.418 e. The maximum absolute atomic E-state index is 13.1. The third kappa shape index (κ3) is 4.92. The van der Waals surface area contributed by atoms with Crippen LogP contribution < -0.4 is 10.7 Å². The first kappa shape index (κ1) is 20.4. The smallest absolute Gasteiger partial charge is 0.346 e. The molecule has 5 nitrogen and oxygen atoms in total. The summed E-state index contributed by atoms with van der Waals surface area (Å²) in [7, 11) is 0. The second kappa shape index (κ2) is 8.75. The quantitative estimate of drug-likeness (QED) is 0.354. The monoisotopic (exact) mass is 415 g/mol. The molecule has 3 rings (SSSR count). The van der Waals surface area contributed by atoms with Crippen LogP contribution in [0, 0.1) is 11.3 Å². The third-order valence-corrected chi connectivity index (χ3v) is 4.33. The largest absolute Gasteiger partial charge is 0.418 e. The van der Waals surface area contributed by atoms with E-state index in [4.69, 9.17) is 17.5 Å². The van der Waals surface area contributed by atoms with Crippen molar-refractivity contribution in [2.75, 3.05) is 5.32 Å². The first-order valence-corrected chi connectivity index (χ1v) is 9.02. The normalized spacial score (nSPS) is 11.5. The van der Waals surface area contributed by atoms with E-state index in [1.165, 1.54) is 24.4 Å². The Kier molecular flexibility index (Phi) is 6.14. The molecule has 29 heavy (non-hydrogen) atoms. The van der Waals surface area contributed by atoms with Gasteiger partial charge in [-0.3, -0.25) is 5.43 Å². The topological polar surface area (TPSA) is 65.1 Å². The van der Waals surface area contributed by atoms with Gasteiger partial charge < -0.3 is 9.88 Å². The second-order valence-corrected chi connectivity index (χ2v) is 6.48. The molecule has 0 aliphatic heterocycles. The third-order valence-electron chi connectivity index (χ3n) is 4.13. The number of fused-ring (bicyclic) bond motifs is 1. The molecule has 0 saturated heterocycles. The van der Waals surface area contributed by atoms with Crippen molar-refractivity contribution in [3.63, 3.8) is 0 Å². The molecular weight excluding hydrogens is 399 g/mol. The number of benzene rings is 2. The van der Waals surface area contributed by atoms with E-state index < -0.39 is 11.7 Å². The molecule has 0 aliphatic rings. The van der Waals surface area contributed by atoms with Crippen LogP contribution in [0.25, 0.3) is 10.9 Å². The van der Waals surface area contributed by atoms with Crippen LogP contribution in [0.15, 0.2) is 59.8 Å². The minimum Gasteiger partial charge on any atom is -0.346 e. The van der Waals surface area contributed by atoms with Gasteiger partial charge in [-0.15, -0.1) is 0 Å². The second-order valence-electron chi connectivity index (χ2n) is 6.07. The lowest BCUT2D eigenvalue weighted by atomic mass is 10.2. The molecule has 0 atom stereocenters. The van der Waals surface area contributed by atoms with Crippen molar-refractivity contribution in [2.24, 2.45) is 5.10 Å². The predicted octanol–water partition coefficient (Wildman–Crippen LogP) is 4.89. The summed E-state index contributed by atoms with van der Waals surface area (Å²) in [6.45, 7) is 0.548. The summed E-state index contributed by atoms with van der Waals surface area (Å²) < 4.78 is 41.1. The molecule has 0 spiro atoms. The van der Waals surface area contributed by atoms with E-state index >= 15 is 0 Å². The number of thiocarbonyl (C=S) groups is 1. The van der Waals surface area contributed by atoms with Gasteiger partial charge in [-0.05, 0) is 30.4 Å². The zero-order valence-electron chi connectivity index (χ0n) is 15.1. The first-order chi connectivity index (χ1) is 13.9. The van der Waals surface area contributed by atoms with Gasteiger partial charge in [0.1, 0.15) is 0 Å². The minimum atomic E-state index is -4.49. The molecular formula is C20H16F3N5S. The van der Waals surface area contributed by atoms with Crippen molar-refractivity contribution < 1.29 is 13.2 Å². The average molecular weight is 415 g/mol. The van der Waals surface area contributed by atoms with Crippen molar-refractivity contribution in [2.45, 2.75) is 19.1 Å². The molecule has 9 heteroatoms. The number of hydrazone groups is 1. The number of nitriles is 1. The summed E-state index contributed by atoms with van der Waals surface area (Å²) in [5.41, 5.74) is 3.33. The van der Waals surface area contributed by atoms with Crippen molar-refractivity contribution in [1.29, 1.82) is 5.26 Å². The minimum absolute atomic E-state index is 0.0637. The molecule has 0 aliphatic carbocycles. The molecule has 2 aromatic carbocycles. The lowest BCUT2D eigenvalue weighted by molar-refractivity contribution is -0.136. The Hall–Kier alpha value is -3.38. The van der Waals surface area contributed by atoms with Crippen LogP contribution in [0.3, 0.4) is 0 Å². The molecule has 0 saturated carbocycles. The number of halogens is 3. The first-order valence-electron chi connectivity index (χ1n) is 8.61. The van der Waals surface area contributed by atoms with Gasteiger partial charge in [0.2, 0.25) is 0 Å². The van der Waals surface area contributed by atoms with E-state index in [0.29, 0.717) is 13.0 Å². The highest BCUT2D eigenvalue weighted by Crippen LogP contribution is 2.34. The van der Waals surface area contributed by atoms with E-state index in [-0.39, 0.29) is 10.8 Å². The van der Waals surface area contributed by atoms with Gasteiger partial charge in [0, 0.05) is 29.2 Å². The number of nitrogens with zero attached hydrogens (tertiary/aromatic N) is 3. The van der Waals surface area contributed by atoms with E-state index in [2.05, 4.69) is 21.9 Å². The lowest BCUT2D eigenvalue weighted by Crippen LogP contribution is -2.25. The molecule has 0 unspecified atom stereocenters. The van der Waals surface area contributed by atoms with Gasteiger partial charge in [0.25, 0.3) is 0 Å². The lowest BCUT2D eigenvalue weighted by Gasteiger charge is -2.14. The molecule has 3 aromatic rings. The van der Waals surface area contributed by atoms with Crippen molar-refractivity contribution in [1.82, 2.24) is 9.99 Å². The van der Waals surface area contributed by atoms with Crippen molar-refractivity contribution in [3.8, 4) is 6.07 Å². The van der Waals surface area contributed by atoms with Crippen LogP contribution in [-0.4, -0.2) is 15.9 Å². The summed E-state index contributed by atoms with van der Waals surface area (Å²) >= 11 is 5.05. The zero-order valence-corrected chi connectivity index (χ0v) is 15.9. The number of hydrogen-bond acceptors (Lipinski definition) is 3. The highest BCUT2D eigenvalue weighted by atomic mass is 32.1. The molecule has 0 bridgehead atoms. The van der Waals surface area contributed by atoms with Crippen molar-refractivity contribution >= 4 is 40.1 Å². The van der Waals surface area contributed by atoms with E-state index in [0.717, 1.165) is 22.5 Å². The van der Waals surface area contributed by atoms with Crippen LogP contribution in [0.5, 0.6) is 0 Å². The van der Waals surface area contributed by atoms with Gasteiger partial charge in [-0.1, -0.05) is 30.3 Å². The van der Waals surface area contributed by atoms with Crippen LogP contribution >= 0.6 is 12.2 Å². The fraction of sp³-hybridized carbons (Fsp3) is 0.150. The number of aryl methyl sites for hydroxylation is 1.